The molecular weight excluding hydrogens is 240 g/mol. The highest BCUT2D eigenvalue weighted by Crippen LogP contribution is 2.59. The molecule has 1 unspecified atom stereocenters. The van der Waals surface area contributed by atoms with E-state index in [1.54, 1.807) is 6.08 Å². The number of carbonyl (C=O) groups excluding carboxylic acids is 2. The van der Waals surface area contributed by atoms with Crippen LogP contribution in [0, 0.1) is 10.8 Å². The summed E-state index contributed by atoms with van der Waals surface area (Å²) >= 11 is 0. The number of esters is 1. The van der Waals surface area contributed by atoms with E-state index < -0.39 is 0 Å². The zero-order valence-corrected chi connectivity index (χ0v) is 12.0. The van der Waals surface area contributed by atoms with Gasteiger partial charge in [-0.25, -0.2) is 0 Å². The van der Waals surface area contributed by atoms with E-state index in [0.29, 0.717) is 0 Å². The Labute approximate surface area is 113 Å². The van der Waals surface area contributed by atoms with Gasteiger partial charge < -0.3 is 4.74 Å². The molecule has 0 spiro atoms. The number of hydrogen-bond donors (Lipinski definition) is 0. The van der Waals surface area contributed by atoms with Crippen molar-refractivity contribution in [1.82, 2.24) is 0 Å². The van der Waals surface area contributed by atoms with Crippen LogP contribution in [0.3, 0.4) is 0 Å². The van der Waals surface area contributed by atoms with Gasteiger partial charge in [0.25, 0.3) is 0 Å². The normalized spacial score (nSPS) is 36.6. The minimum atomic E-state index is -0.270. The Kier molecular flexibility index (Phi) is 2.39. The van der Waals surface area contributed by atoms with Gasteiger partial charge in [-0.1, -0.05) is 13.8 Å². The molecule has 2 aliphatic carbocycles. The summed E-state index contributed by atoms with van der Waals surface area (Å²) in [4.78, 5) is 24.0. The minimum Gasteiger partial charge on any atom is -0.461 e. The average Bonchev–Trinajstić information content (AvgIpc) is 2.32. The molecule has 1 heterocycles. The van der Waals surface area contributed by atoms with Crippen LogP contribution in [0.25, 0.3) is 0 Å². The third-order valence-electron chi connectivity index (χ3n) is 5.28. The minimum absolute atomic E-state index is 0.00337. The Balaban J connectivity index is 2.23. The van der Waals surface area contributed by atoms with E-state index in [0.717, 1.165) is 29.6 Å². The van der Waals surface area contributed by atoms with E-state index in [9.17, 15) is 9.59 Å². The first-order valence-electron chi connectivity index (χ1n) is 6.93. The van der Waals surface area contributed by atoms with Crippen LogP contribution in [0.2, 0.25) is 0 Å². The highest BCUT2D eigenvalue weighted by atomic mass is 16.5. The molecule has 0 bridgehead atoms. The van der Waals surface area contributed by atoms with Crippen molar-refractivity contribution in [3.63, 3.8) is 0 Å². The first-order valence-corrected chi connectivity index (χ1v) is 6.93. The molecule has 3 aliphatic rings. The molecule has 0 amide bonds. The monoisotopic (exact) mass is 260 g/mol. The van der Waals surface area contributed by atoms with Crippen molar-refractivity contribution in [2.75, 3.05) is 0 Å². The SMILES string of the molecule is CC1=C2CC(=O)OC3CCC(C)(C)C(=CC1=O)[C@@]23C. The molecule has 102 valence electrons. The Bertz CT molecular complexity index is 550. The predicted octanol–water partition coefficient (Wildman–Crippen LogP) is 2.95. The van der Waals surface area contributed by atoms with Gasteiger partial charge in [0.05, 0.1) is 6.42 Å². The molecule has 3 rings (SSSR count). The van der Waals surface area contributed by atoms with Crippen molar-refractivity contribution in [3.05, 3.63) is 22.8 Å². The molecule has 0 aromatic heterocycles. The molecule has 19 heavy (non-hydrogen) atoms. The molecule has 0 aromatic rings. The highest BCUT2D eigenvalue weighted by Gasteiger charge is 2.56. The number of carbonyl (C=O) groups is 2. The van der Waals surface area contributed by atoms with E-state index in [2.05, 4.69) is 20.8 Å². The zero-order valence-electron chi connectivity index (χ0n) is 12.0. The van der Waals surface area contributed by atoms with Crippen LogP contribution in [-0.2, 0) is 14.3 Å². The summed E-state index contributed by atoms with van der Waals surface area (Å²) in [5.41, 5.74) is 2.61. The molecule has 1 saturated carbocycles. The lowest BCUT2D eigenvalue weighted by Gasteiger charge is -2.54. The van der Waals surface area contributed by atoms with Crippen LogP contribution in [0.15, 0.2) is 22.8 Å². The maximum absolute atomic E-state index is 12.2. The summed E-state index contributed by atoms with van der Waals surface area (Å²) in [7, 11) is 0. The third kappa shape index (κ3) is 1.50. The number of hydrogen-bond acceptors (Lipinski definition) is 3. The summed E-state index contributed by atoms with van der Waals surface area (Å²) in [6.07, 6.45) is 3.78. The smallest absolute Gasteiger partial charge is 0.310 e. The summed E-state index contributed by atoms with van der Waals surface area (Å²) in [5, 5.41) is 0. The van der Waals surface area contributed by atoms with Gasteiger partial charge in [-0.2, -0.15) is 0 Å². The highest BCUT2D eigenvalue weighted by molar-refractivity contribution is 6.07. The largest absolute Gasteiger partial charge is 0.461 e. The summed E-state index contributed by atoms with van der Waals surface area (Å²) < 4.78 is 5.58. The lowest BCUT2D eigenvalue weighted by molar-refractivity contribution is -0.161. The molecule has 1 aliphatic heterocycles. The zero-order chi connectivity index (χ0) is 14.0. The molecule has 2 fully saturated rings. The van der Waals surface area contributed by atoms with Crippen LogP contribution in [0.1, 0.15) is 47.0 Å². The van der Waals surface area contributed by atoms with Gasteiger partial charge in [0.15, 0.2) is 5.78 Å². The lowest BCUT2D eigenvalue weighted by atomic mass is 9.52. The van der Waals surface area contributed by atoms with Gasteiger partial charge in [0.1, 0.15) is 6.10 Å². The van der Waals surface area contributed by atoms with Crippen LogP contribution in [0.4, 0.5) is 0 Å². The average molecular weight is 260 g/mol. The Hall–Kier alpha value is -1.38. The second kappa shape index (κ2) is 3.59. The van der Waals surface area contributed by atoms with Crippen molar-refractivity contribution < 1.29 is 14.3 Å². The Morgan fingerprint density at radius 1 is 1.26 bits per heavy atom. The lowest BCUT2D eigenvalue weighted by Crippen LogP contribution is -2.52. The van der Waals surface area contributed by atoms with Crippen molar-refractivity contribution >= 4 is 11.8 Å². The molecule has 0 N–H and O–H groups in total. The van der Waals surface area contributed by atoms with Gasteiger partial charge >= 0.3 is 5.97 Å². The van der Waals surface area contributed by atoms with Crippen LogP contribution >= 0.6 is 0 Å². The van der Waals surface area contributed by atoms with Crippen LogP contribution in [-0.4, -0.2) is 17.9 Å². The van der Waals surface area contributed by atoms with Crippen molar-refractivity contribution in [3.8, 4) is 0 Å². The standard InChI is InChI=1S/C16H20O3/c1-9-10-7-14(18)19-13-5-6-15(2,3)12(8-11(9)17)16(10,13)4/h8,13H,5-7H2,1-4H3/t13?,16-/m1/s1. The molecule has 3 nitrogen and oxygen atoms in total. The second-order valence-corrected chi connectivity index (χ2v) is 6.81. The molecule has 3 heteroatoms. The van der Waals surface area contributed by atoms with Crippen LogP contribution < -0.4 is 0 Å². The molecule has 0 aromatic carbocycles. The topological polar surface area (TPSA) is 43.4 Å². The van der Waals surface area contributed by atoms with Crippen molar-refractivity contribution in [2.45, 2.75) is 53.1 Å². The predicted molar refractivity (Wildman–Crippen MR) is 71.4 cm³/mol. The van der Waals surface area contributed by atoms with E-state index in [1.807, 2.05) is 6.92 Å². The Morgan fingerprint density at radius 3 is 2.63 bits per heavy atom. The van der Waals surface area contributed by atoms with Gasteiger partial charge in [0, 0.05) is 5.41 Å². The van der Waals surface area contributed by atoms with Gasteiger partial charge in [-0.15, -0.1) is 0 Å². The molecule has 0 radical (unpaired) electrons. The summed E-state index contributed by atoms with van der Waals surface area (Å²) in [6, 6.07) is 0. The number of ether oxygens (including phenoxy) is 1. The van der Waals surface area contributed by atoms with Gasteiger partial charge in [-0.3, -0.25) is 9.59 Å². The molecule has 2 atom stereocenters. The van der Waals surface area contributed by atoms with E-state index in [4.69, 9.17) is 4.74 Å². The fourth-order valence-corrected chi connectivity index (χ4v) is 4.11. The number of allylic oxidation sites excluding steroid dienone is 2. The number of ketones is 1. The van der Waals surface area contributed by atoms with Gasteiger partial charge in [0.2, 0.25) is 0 Å². The quantitative estimate of drug-likeness (QED) is 0.629. The number of rotatable bonds is 0. The van der Waals surface area contributed by atoms with E-state index in [-0.39, 0.29) is 35.1 Å². The Morgan fingerprint density at radius 2 is 1.95 bits per heavy atom. The first kappa shape index (κ1) is 12.6. The van der Waals surface area contributed by atoms with Gasteiger partial charge in [-0.05, 0) is 54.9 Å². The van der Waals surface area contributed by atoms with E-state index >= 15 is 0 Å². The van der Waals surface area contributed by atoms with Crippen molar-refractivity contribution in [2.24, 2.45) is 10.8 Å². The first-order chi connectivity index (χ1) is 8.76. The summed E-state index contributed by atoms with van der Waals surface area (Å²) in [5.74, 6) is -0.128. The van der Waals surface area contributed by atoms with Crippen molar-refractivity contribution in [1.29, 1.82) is 0 Å². The maximum atomic E-state index is 12.2. The molecular formula is C16H20O3. The fourth-order valence-electron chi connectivity index (χ4n) is 4.11. The third-order valence-corrected chi connectivity index (χ3v) is 5.28. The van der Waals surface area contributed by atoms with Crippen LogP contribution in [0.5, 0.6) is 0 Å². The summed E-state index contributed by atoms with van der Waals surface area (Å²) in [6.45, 7) is 8.35. The molecule has 1 saturated heterocycles. The maximum Gasteiger partial charge on any atom is 0.310 e. The fraction of sp³-hybridized carbons (Fsp3) is 0.625. The second-order valence-electron chi connectivity index (χ2n) is 6.81. The van der Waals surface area contributed by atoms with E-state index in [1.165, 1.54) is 0 Å².